The highest BCUT2D eigenvalue weighted by Crippen LogP contribution is 2.29. The minimum atomic E-state index is -3.61. The van der Waals surface area contributed by atoms with E-state index in [-0.39, 0.29) is 23.1 Å². The van der Waals surface area contributed by atoms with Crippen molar-refractivity contribution in [1.29, 1.82) is 0 Å². The number of ether oxygens (including phenoxy) is 1. The van der Waals surface area contributed by atoms with Gasteiger partial charge in [-0.15, -0.1) is 0 Å². The van der Waals surface area contributed by atoms with E-state index in [1.165, 1.54) is 21.3 Å². The summed E-state index contributed by atoms with van der Waals surface area (Å²) in [4.78, 5) is 29.0. The number of amides is 2. The Balaban J connectivity index is 1.50. The van der Waals surface area contributed by atoms with E-state index in [9.17, 15) is 18.0 Å². The van der Waals surface area contributed by atoms with Crippen LogP contribution in [-0.2, 0) is 24.3 Å². The standard InChI is InChI=1S/C20H27N3O5S/c1-15-6-8-21(9-7-15)18-14-19(24)23(20(18)25)16-2-4-17(5-3-16)29(26,27)22-10-12-28-13-11-22/h2-5,15,18H,6-14H2,1H3/t18-/m1/s1. The number of piperidine rings is 1. The molecule has 9 heteroatoms. The summed E-state index contributed by atoms with van der Waals surface area (Å²) in [6, 6.07) is 5.62. The highest BCUT2D eigenvalue weighted by Gasteiger charge is 2.43. The zero-order valence-electron chi connectivity index (χ0n) is 16.6. The van der Waals surface area contributed by atoms with Gasteiger partial charge in [0, 0.05) is 13.1 Å². The van der Waals surface area contributed by atoms with E-state index in [1.54, 1.807) is 12.1 Å². The monoisotopic (exact) mass is 421 g/mol. The number of hydrogen-bond acceptors (Lipinski definition) is 6. The number of morpholine rings is 1. The van der Waals surface area contributed by atoms with E-state index in [2.05, 4.69) is 11.8 Å². The molecule has 0 bridgehead atoms. The summed E-state index contributed by atoms with van der Waals surface area (Å²) >= 11 is 0. The Morgan fingerprint density at radius 3 is 2.21 bits per heavy atom. The lowest BCUT2D eigenvalue weighted by atomic mass is 9.97. The van der Waals surface area contributed by atoms with Crippen molar-refractivity contribution in [3.8, 4) is 0 Å². The van der Waals surface area contributed by atoms with Crippen LogP contribution < -0.4 is 4.90 Å². The molecule has 0 spiro atoms. The summed E-state index contributed by atoms with van der Waals surface area (Å²) in [7, 11) is -3.61. The second kappa shape index (κ2) is 8.14. The van der Waals surface area contributed by atoms with Gasteiger partial charge in [0.2, 0.25) is 15.9 Å². The molecule has 3 fully saturated rings. The van der Waals surface area contributed by atoms with E-state index >= 15 is 0 Å². The molecule has 3 heterocycles. The third-order valence-electron chi connectivity index (χ3n) is 6.08. The van der Waals surface area contributed by atoms with Crippen LogP contribution in [-0.4, -0.2) is 74.9 Å². The minimum absolute atomic E-state index is 0.156. The summed E-state index contributed by atoms with van der Waals surface area (Å²) in [6.45, 7) is 5.27. The number of benzene rings is 1. The quantitative estimate of drug-likeness (QED) is 0.676. The van der Waals surface area contributed by atoms with E-state index < -0.39 is 16.1 Å². The topological polar surface area (TPSA) is 87.2 Å². The highest BCUT2D eigenvalue weighted by molar-refractivity contribution is 7.89. The van der Waals surface area contributed by atoms with Crippen LogP contribution >= 0.6 is 0 Å². The van der Waals surface area contributed by atoms with Crippen molar-refractivity contribution >= 4 is 27.5 Å². The Morgan fingerprint density at radius 2 is 1.59 bits per heavy atom. The lowest BCUT2D eigenvalue weighted by molar-refractivity contribution is -0.123. The minimum Gasteiger partial charge on any atom is -0.379 e. The van der Waals surface area contributed by atoms with Crippen LogP contribution in [0.1, 0.15) is 26.2 Å². The number of nitrogens with zero attached hydrogens (tertiary/aromatic N) is 3. The number of sulfonamides is 1. The van der Waals surface area contributed by atoms with Gasteiger partial charge in [-0.3, -0.25) is 14.5 Å². The van der Waals surface area contributed by atoms with E-state index in [0.29, 0.717) is 37.9 Å². The molecule has 0 aromatic heterocycles. The SMILES string of the molecule is CC1CCN([C@@H]2CC(=O)N(c3ccc(S(=O)(=O)N4CCOCC4)cc3)C2=O)CC1. The van der Waals surface area contributed by atoms with Gasteiger partial charge in [0.25, 0.3) is 5.91 Å². The number of hydrogen-bond donors (Lipinski definition) is 0. The molecule has 3 saturated heterocycles. The number of imide groups is 1. The van der Waals surface area contributed by atoms with Gasteiger partial charge in [0.1, 0.15) is 0 Å². The number of carbonyl (C=O) groups is 2. The van der Waals surface area contributed by atoms with Gasteiger partial charge < -0.3 is 4.74 Å². The predicted molar refractivity (Wildman–Crippen MR) is 107 cm³/mol. The lowest BCUT2D eigenvalue weighted by Crippen LogP contribution is -2.45. The van der Waals surface area contributed by atoms with Crippen molar-refractivity contribution < 1.29 is 22.7 Å². The molecular weight excluding hydrogens is 394 g/mol. The molecule has 4 rings (SSSR count). The second-order valence-corrected chi connectivity index (χ2v) is 9.95. The molecule has 1 aromatic rings. The summed E-state index contributed by atoms with van der Waals surface area (Å²) in [5.74, 6) is 0.200. The molecule has 158 valence electrons. The Hall–Kier alpha value is -1.81. The van der Waals surface area contributed by atoms with Crippen LogP contribution in [0.3, 0.4) is 0 Å². The molecule has 0 unspecified atom stereocenters. The molecule has 1 aromatic carbocycles. The first-order valence-corrected chi connectivity index (χ1v) is 11.6. The van der Waals surface area contributed by atoms with E-state index in [1.807, 2.05) is 0 Å². The fourth-order valence-corrected chi connectivity index (χ4v) is 5.62. The first-order valence-electron chi connectivity index (χ1n) is 10.2. The van der Waals surface area contributed by atoms with Crippen molar-refractivity contribution in [3.05, 3.63) is 24.3 Å². The number of likely N-dealkylation sites (tertiary alicyclic amines) is 1. The molecule has 2 amide bonds. The van der Waals surface area contributed by atoms with Crippen LogP contribution in [0.15, 0.2) is 29.2 Å². The van der Waals surface area contributed by atoms with Gasteiger partial charge in [-0.05, 0) is 56.1 Å². The normalized spacial score (nSPS) is 25.7. The maximum Gasteiger partial charge on any atom is 0.251 e. The molecular formula is C20H27N3O5S. The van der Waals surface area contributed by atoms with Crippen molar-refractivity contribution in [2.24, 2.45) is 5.92 Å². The Labute approximate surface area is 171 Å². The first kappa shape index (κ1) is 20.5. The summed E-state index contributed by atoms with van der Waals surface area (Å²) in [5, 5.41) is 0. The van der Waals surface area contributed by atoms with Gasteiger partial charge in [0.15, 0.2) is 0 Å². The predicted octanol–water partition coefficient (Wildman–Crippen LogP) is 1.07. The Bertz CT molecular complexity index is 872. The zero-order valence-corrected chi connectivity index (χ0v) is 17.4. The third kappa shape index (κ3) is 3.96. The maximum atomic E-state index is 12.9. The number of rotatable bonds is 4. The van der Waals surface area contributed by atoms with Crippen molar-refractivity contribution in [2.75, 3.05) is 44.3 Å². The van der Waals surface area contributed by atoms with Gasteiger partial charge in [-0.2, -0.15) is 4.31 Å². The van der Waals surface area contributed by atoms with Crippen molar-refractivity contribution in [2.45, 2.75) is 37.1 Å². The average molecular weight is 422 g/mol. The fourth-order valence-electron chi connectivity index (χ4n) is 4.22. The Kier molecular flexibility index (Phi) is 5.74. The molecule has 8 nitrogen and oxygen atoms in total. The maximum absolute atomic E-state index is 12.9. The number of carbonyl (C=O) groups excluding carboxylic acids is 2. The van der Waals surface area contributed by atoms with E-state index in [0.717, 1.165) is 25.9 Å². The Morgan fingerprint density at radius 1 is 0.966 bits per heavy atom. The van der Waals surface area contributed by atoms with Crippen LogP contribution in [0.2, 0.25) is 0 Å². The average Bonchev–Trinajstić information content (AvgIpc) is 3.03. The molecule has 3 aliphatic rings. The van der Waals surface area contributed by atoms with Crippen molar-refractivity contribution in [3.63, 3.8) is 0 Å². The lowest BCUT2D eigenvalue weighted by Gasteiger charge is -2.33. The number of anilines is 1. The molecule has 0 N–H and O–H groups in total. The van der Waals surface area contributed by atoms with Crippen LogP contribution in [0.5, 0.6) is 0 Å². The molecule has 1 atom stereocenters. The first-order chi connectivity index (χ1) is 13.9. The van der Waals surface area contributed by atoms with Gasteiger partial charge in [-0.1, -0.05) is 6.92 Å². The molecule has 29 heavy (non-hydrogen) atoms. The largest absolute Gasteiger partial charge is 0.379 e. The van der Waals surface area contributed by atoms with Gasteiger partial charge in [0.05, 0.1) is 36.3 Å². The summed E-state index contributed by atoms with van der Waals surface area (Å²) in [6.07, 6.45) is 2.25. The van der Waals surface area contributed by atoms with Crippen LogP contribution in [0.25, 0.3) is 0 Å². The zero-order chi connectivity index (χ0) is 20.6. The van der Waals surface area contributed by atoms with Crippen LogP contribution in [0, 0.1) is 5.92 Å². The van der Waals surface area contributed by atoms with Crippen molar-refractivity contribution in [1.82, 2.24) is 9.21 Å². The smallest absolute Gasteiger partial charge is 0.251 e. The third-order valence-corrected chi connectivity index (χ3v) is 8.00. The summed E-state index contributed by atoms with van der Waals surface area (Å²) in [5.41, 5.74) is 0.425. The second-order valence-electron chi connectivity index (χ2n) is 8.02. The van der Waals surface area contributed by atoms with Gasteiger partial charge in [-0.25, -0.2) is 13.3 Å². The fraction of sp³-hybridized carbons (Fsp3) is 0.600. The molecule has 3 aliphatic heterocycles. The van der Waals surface area contributed by atoms with Crippen LogP contribution in [0.4, 0.5) is 5.69 Å². The molecule has 0 aliphatic carbocycles. The molecule has 0 saturated carbocycles. The summed E-state index contributed by atoms with van der Waals surface area (Å²) < 4.78 is 32.1. The molecule has 0 radical (unpaired) electrons. The van der Waals surface area contributed by atoms with Gasteiger partial charge >= 0.3 is 0 Å². The van der Waals surface area contributed by atoms with E-state index in [4.69, 9.17) is 4.74 Å². The highest BCUT2D eigenvalue weighted by atomic mass is 32.2.